The molecule has 2 aromatic rings. The molecule has 87 heavy (non-hydrogen) atoms. The number of phenols is 2. The molecule has 0 radical (unpaired) electrons. The maximum atomic E-state index is 14.2. The van der Waals surface area contributed by atoms with Gasteiger partial charge < -0.3 is 84.0 Å². The average Bonchev–Trinajstić information content (AvgIpc) is 1.17. The van der Waals surface area contributed by atoms with Gasteiger partial charge in [-0.25, -0.2) is 14.3 Å². The van der Waals surface area contributed by atoms with Gasteiger partial charge in [0.1, 0.15) is 61.4 Å². The first-order chi connectivity index (χ1) is 41.3. The van der Waals surface area contributed by atoms with Crippen LogP contribution in [0.25, 0.3) is 0 Å². The molecule has 4 fully saturated rings. The molecule has 31 nitrogen and oxygen atoms in total. The molecular formula is C55H71N7O24S. The van der Waals surface area contributed by atoms with Crippen LogP contribution in [0.4, 0.5) is 4.79 Å². The number of amides is 5. The van der Waals surface area contributed by atoms with Crippen molar-refractivity contribution in [3.05, 3.63) is 64.2 Å². The zero-order chi connectivity index (χ0) is 63.2. The van der Waals surface area contributed by atoms with Crippen molar-refractivity contribution in [2.24, 2.45) is 5.92 Å². The van der Waals surface area contributed by atoms with Crippen LogP contribution in [-0.4, -0.2) is 221 Å². The molecule has 4 saturated heterocycles. The maximum absolute atomic E-state index is 14.2. The Morgan fingerprint density at radius 1 is 0.862 bits per heavy atom. The monoisotopic (exact) mass is 1250 g/mol. The van der Waals surface area contributed by atoms with Gasteiger partial charge in [0, 0.05) is 68.7 Å². The second kappa shape index (κ2) is 27.7. The number of ketones is 2. The van der Waals surface area contributed by atoms with Crippen LogP contribution in [0.3, 0.4) is 0 Å². The molecule has 476 valence electrons. The number of carbonyl (C=O) groups is 9. The summed E-state index contributed by atoms with van der Waals surface area (Å²) < 4.78 is 84.4. The number of phenolic OH excluding ortho intramolecular Hbond substituents is 2. The Hall–Kier alpha value is -7.40. The number of nitrogens with one attached hydrogen (secondary N) is 5. The van der Waals surface area contributed by atoms with E-state index in [1.807, 2.05) is 0 Å². The van der Waals surface area contributed by atoms with Crippen molar-refractivity contribution in [3.63, 3.8) is 0 Å². The zero-order valence-corrected chi connectivity index (χ0v) is 49.3. The Kier molecular flexibility index (Phi) is 20.9. The smallest absolute Gasteiger partial charge is 0.422 e. The Labute approximate surface area is 499 Å². The van der Waals surface area contributed by atoms with Gasteiger partial charge in [0.15, 0.2) is 36.8 Å². The lowest BCUT2D eigenvalue weighted by molar-refractivity contribution is -0.256. The molecule has 4 heterocycles. The molecule has 8 N–H and O–H groups in total. The second-order valence-electron chi connectivity index (χ2n) is 21.5. The highest BCUT2D eigenvalue weighted by Crippen LogP contribution is 2.53. The van der Waals surface area contributed by atoms with E-state index in [2.05, 4.69) is 32.7 Å². The first-order valence-electron chi connectivity index (χ1n) is 27.9. The molecule has 0 saturated carbocycles. The number of nitrogens with zero attached hydrogens (tertiary/aromatic N) is 2. The number of benzene rings is 2. The number of methoxy groups -OCH3 is 2. The van der Waals surface area contributed by atoms with Crippen LogP contribution in [0.5, 0.6) is 17.2 Å². The minimum atomic E-state index is -4.40. The molecule has 32 heteroatoms. The molecule has 0 unspecified atom stereocenters. The van der Waals surface area contributed by atoms with Crippen LogP contribution in [0.1, 0.15) is 102 Å². The van der Waals surface area contributed by atoms with Crippen LogP contribution in [0.2, 0.25) is 0 Å². The van der Waals surface area contributed by atoms with E-state index in [0.717, 1.165) is 4.31 Å². The number of rotatable bonds is 23. The lowest BCUT2D eigenvalue weighted by Gasteiger charge is -2.43. The molecule has 11 atom stereocenters. The Balaban J connectivity index is 0.801. The summed E-state index contributed by atoms with van der Waals surface area (Å²) >= 11 is 0. The van der Waals surface area contributed by atoms with E-state index in [-0.39, 0.29) is 79.6 Å². The highest BCUT2D eigenvalue weighted by Gasteiger charge is 2.56. The molecule has 0 spiro atoms. The fourth-order valence-corrected chi connectivity index (χ4v) is 12.3. The zero-order valence-electron chi connectivity index (χ0n) is 48.5. The number of aliphatic hydroxyl groups is 1. The van der Waals surface area contributed by atoms with Crippen molar-refractivity contribution < 1.29 is 114 Å². The number of fused-ring (bicyclic) bond motifs is 6. The van der Waals surface area contributed by atoms with Gasteiger partial charge in [-0.3, -0.25) is 38.5 Å². The SMILES string of the molecule is C=CCOC(=O)C1CCN(S(=O)(=O)NC(=O)OCC(=O)N[C@@H](C)C(=O)N[C@@H](C)C(=O)N[C@@H](C)C(=O)NCOCCOC(=O)[C@]2(O)Cc3c(O)c4c(c(O)c3[C@@H](O[C@H]3C[C@H]5[C@H](O[C@@H]6[C@@H](OC)OCCN65)[C@H](C)O3)C2)C(=O)c2c(OC)cccc2C4=O)CC1. The molecule has 4 aliphatic heterocycles. The molecule has 0 aromatic heterocycles. The fraction of sp³-hybridized carbons (Fsp3) is 0.582. The summed E-state index contributed by atoms with van der Waals surface area (Å²) in [4.78, 5) is 120. The number of hydrogen-bond acceptors (Lipinski definition) is 25. The van der Waals surface area contributed by atoms with Crippen LogP contribution >= 0.6 is 0 Å². The lowest BCUT2D eigenvalue weighted by atomic mass is 9.73. The molecule has 5 amide bonds. The quantitative estimate of drug-likeness (QED) is 0.0137. The number of morpholine rings is 1. The van der Waals surface area contributed by atoms with E-state index in [9.17, 15) is 66.9 Å². The summed E-state index contributed by atoms with van der Waals surface area (Å²) in [5, 5.41) is 45.7. The van der Waals surface area contributed by atoms with Crippen molar-refractivity contribution in [3.8, 4) is 17.2 Å². The summed E-state index contributed by atoms with van der Waals surface area (Å²) in [5.74, 6) is -8.79. The van der Waals surface area contributed by atoms with Crippen molar-refractivity contribution in [2.45, 2.75) is 127 Å². The topological polar surface area (TPSA) is 407 Å². The van der Waals surface area contributed by atoms with E-state index in [0.29, 0.717) is 13.2 Å². The molecular weight excluding hydrogens is 1170 g/mol. The molecule has 2 aromatic carbocycles. The fourth-order valence-electron chi connectivity index (χ4n) is 11.2. The summed E-state index contributed by atoms with van der Waals surface area (Å²) in [7, 11) is -1.60. The van der Waals surface area contributed by atoms with E-state index in [4.69, 9.17) is 47.4 Å². The normalized spacial score (nSPS) is 25.5. The highest BCUT2D eigenvalue weighted by atomic mass is 32.2. The van der Waals surface area contributed by atoms with Crippen molar-refractivity contribution in [2.75, 3.05) is 73.6 Å². The van der Waals surface area contributed by atoms with Crippen molar-refractivity contribution in [1.82, 2.24) is 35.2 Å². The van der Waals surface area contributed by atoms with Gasteiger partial charge in [0.05, 0.1) is 55.1 Å². The first-order valence-corrected chi connectivity index (χ1v) is 29.4. The van der Waals surface area contributed by atoms with E-state index in [1.54, 1.807) is 11.6 Å². The number of carbonyl (C=O) groups excluding carboxylic acids is 9. The standard InChI is InChI=1S/C55H71N7O24S/c1-8-17-80-51(71)30-12-14-61(15-13-30)87(75,76)60-54(73)83-24-36(63)57-27(3)48(69)59-28(4)49(70)58-26(2)47(68)56-25-79-19-20-82-53(72)55(74)22-32-39(45(67)41-40(43(32)65)42(64)31-10-9-11-34(77-6)38(31)44(41)66)35(23-55)85-37-21-33-46(29(5)84-37)86-50-52(78-7)81-18-16-62(33)50/h8-11,26-30,33,35,37,46,50,52,65,67,74H,1,12-25H2,2-7H3,(H,56,68)(H,57,63)(H,58,70)(H,59,69)(H,60,73)/t26-,27-,28-,29-,33-,35-,37-,46+,50+,52-,55-/m0/s1. The Morgan fingerprint density at radius 2 is 1.54 bits per heavy atom. The minimum Gasteiger partial charge on any atom is -0.507 e. The number of esters is 2. The molecule has 8 rings (SSSR count). The Morgan fingerprint density at radius 3 is 2.22 bits per heavy atom. The number of hydrogen-bond donors (Lipinski definition) is 8. The maximum Gasteiger partial charge on any atom is 0.422 e. The lowest BCUT2D eigenvalue weighted by Crippen LogP contribution is -2.55. The Bertz CT molecular complexity index is 3140. The van der Waals surface area contributed by atoms with Gasteiger partial charge in [-0.1, -0.05) is 24.8 Å². The van der Waals surface area contributed by atoms with Gasteiger partial charge in [-0.15, -0.1) is 0 Å². The summed E-state index contributed by atoms with van der Waals surface area (Å²) in [6.45, 7) is 7.46. The summed E-state index contributed by atoms with van der Waals surface area (Å²) in [6.07, 6.45) is -5.76. The largest absolute Gasteiger partial charge is 0.507 e. The number of ether oxygens (including phenoxy) is 10. The van der Waals surface area contributed by atoms with Crippen LogP contribution < -0.4 is 30.7 Å². The third-order valence-electron chi connectivity index (χ3n) is 15.7. The van der Waals surface area contributed by atoms with Crippen molar-refractivity contribution in [1.29, 1.82) is 0 Å². The molecule has 2 aliphatic carbocycles. The average molecular weight is 1250 g/mol. The minimum absolute atomic E-state index is 0.0103. The van der Waals surface area contributed by atoms with Gasteiger partial charge >= 0.3 is 28.2 Å². The van der Waals surface area contributed by atoms with Crippen molar-refractivity contribution >= 4 is 63.4 Å². The van der Waals surface area contributed by atoms with Crippen LogP contribution in [0, 0.1) is 5.92 Å². The van der Waals surface area contributed by atoms with E-state index in [1.165, 1.54) is 59.3 Å². The summed E-state index contributed by atoms with van der Waals surface area (Å²) in [5.41, 5.74) is -4.28. The predicted molar refractivity (Wildman–Crippen MR) is 293 cm³/mol. The van der Waals surface area contributed by atoms with E-state index >= 15 is 0 Å². The highest BCUT2D eigenvalue weighted by molar-refractivity contribution is 7.87. The van der Waals surface area contributed by atoms with Gasteiger partial charge in [-0.2, -0.15) is 12.7 Å². The predicted octanol–water partition coefficient (Wildman–Crippen LogP) is -1.29. The number of piperidine rings is 1. The third-order valence-corrected chi connectivity index (χ3v) is 17.1. The van der Waals surface area contributed by atoms with Crippen LogP contribution in [0.15, 0.2) is 30.9 Å². The molecule has 6 aliphatic rings. The summed E-state index contributed by atoms with van der Waals surface area (Å²) in [6, 6.07) is 0.272. The van der Waals surface area contributed by atoms with Crippen LogP contribution in [-0.2, 0) is 88.0 Å². The van der Waals surface area contributed by atoms with E-state index < -0.39 is 186 Å². The van der Waals surface area contributed by atoms with Gasteiger partial charge in [-0.05, 0) is 46.6 Å². The van der Waals surface area contributed by atoms with Gasteiger partial charge in [0.2, 0.25) is 23.5 Å². The second-order valence-corrected chi connectivity index (χ2v) is 23.1. The van der Waals surface area contributed by atoms with Gasteiger partial charge in [0.25, 0.3) is 5.91 Å². The first kappa shape index (κ1) is 65.6. The third kappa shape index (κ3) is 14.3. The number of aromatic hydroxyl groups is 2. The molecule has 0 bridgehead atoms.